The molecule has 1 saturated heterocycles. The maximum atomic E-state index is 12.1. The van der Waals surface area contributed by atoms with Gasteiger partial charge in [-0.2, -0.15) is 5.10 Å². The van der Waals surface area contributed by atoms with Crippen molar-refractivity contribution in [1.29, 1.82) is 0 Å². The standard InChI is InChI=1S/C25H23N7O2/c1-2-6-21(33)31-13-11-18(12-14-31)32-25-22(24(26)28-16-29-25)23(30-32)17-9-10-20(27-15-17)34-19-7-4-3-5-8-19/h3-5,7-10,15-16,18H,11-14H2,1H3,(H2,26,28,29). The highest BCUT2D eigenvalue weighted by atomic mass is 16.5. The van der Waals surface area contributed by atoms with Gasteiger partial charge >= 0.3 is 0 Å². The zero-order chi connectivity index (χ0) is 23.5. The van der Waals surface area contributed by atoms with Gasteiger partial charge in [0.05, 0.1) is 11.4 Å². The number of carbonyl (C=O) groups is 1. The van der Waals surface area contributed by atoms with Crippen molar-refractivity contribution in [2.45, 2.75) is 25.8 Å². The van der Waals surface area contributed by atoms with Gasteiger partial charge in [0.1, 0.15) is 23.6 Å². The van der Waals surface area contributed by atoms with Crippen molar-refractivity contribution in [2.75, 3.05) is 18.8 Å². The van der Waals surface area contributed by atoms with E-state index in [1.807, 2.05) is 41.1 Å². The highest BCUT2D eigenvalue weighted by molar-refractivity contribution is 5.98. The van der Waals surface area contributed by atoms with Gasteiger partial charge in [0.25, 0.3) is 5.91 Å². The maximum absolute atomic E-state index is 12.1. The van der Waals surface area contributed by atoms with Crippen LogP contribution in [0.5, 0.6) is 11.6 Å². The van der Waals surface area contributed by atoms with Gasteiger partial charge in [-0.15, -0.1) is 0 Å². The Morgan fingerprint density at radius 1 is 1.09 bits per heavy atom. The maximum Gasteiger partial charge on any atom is 0.298 e. The topological polar surface area (TPSA) is 112 Å². The number of aromatic nitrogens is 5. The smallest absolute Gasteiger partial charge is 0.298 e. The van der Waals surface area contributed by atoms with Crippen molar-refractivity contribution in [3.05, 3.63) is 55.0 Å². The molecule has 1 fully saturated rings. The molecule has 1 amide bonds. The van der Waals surface area contributed by atoms with Crippen LogP contribution in [0.2, 0.25) is 0 Å². The normalized spacial score (nSPS) is 14.0. The monoisotopic (exact) mass is 453 g/mol. The number of hydrogen-bond acceptors (Lipinski definition) is 7. The summed E-state index contributed by atoms with van der Waals surface area (Å²) in [5.74, 6) is 6.71. The van der Waals surface area contributed by atoms with Gasteiger partial charge in [-0.25, -0.2) is 19.6 Å². The summed E-state index contributed by atoms with van der Waals surface area (Å²) in [4.78, 5) is 27.0. The number of anilines is 1. The Bertz CT molecular complexity index is 1380. The molecule has 9 nitrogen and oxygen atoms in total. The third-order valence-electron chi connectivity index (χ3n) is 5.82. The number of para-hydroxylation sites is 1. The molecule has 1 aliphatic rings. The summed E-state index contributed by atoms with van der Waals surface area (Å²) in [7, 11) is 0. The molecule has 170 valence electrons. The van der Waals surface area contributed by atoms with E-state index in [1.54, 1.807) is 24.1 Å². The molecule has 4 heterocycles. The van der Waals surface area contributed by atoms with E-state index in [4.69, 9.17) is 15.6 Å². The van der Waals surface area contributed by atoms with E-state index in [1.165, 1.54) is 6.33 Å². The molecule has 0 atom stereocenters. The lowest BCUT2D eigenvalue weighted by molar-refractivity contribution is -0.126. The van der Waals surface area contributed by atoms with E-state index in [9.17, 15) is 4.79 Å². The Labute approximate surface area is 196 Å². The summed E-state index contributed by atoms with van der Waals surface area (Å²) < 4.78 is 7.71. The number of nitrogens with zero attached hydrogens (tertiary/aromatic N) is 6. The van der Waals surface area contributed by atoms with Gasteiger partial charge in [0, 0.05) is 30.9 Å². The van der Waals surface area contributed by atoms with Crippen LogP contribution >= 0.6 is 0 Å². The van der Waals surface area contributed by atoms with Crippen molar-refractivity contribution in [3.8, 4) is 34.7 Å². The Kier molecular flexibility index (Phi) is 5.79. The summed E-state index contributed by atoms with van der Waals surface area (Å²) in [6.45, 7) is 2.90. The second-order valence-corrected chi connectivity index (χ2v) is 7.95. The predicted octanol–water partition coefficient (Wildman–Crippen LogP) is 3.45. The number of nitrogens with two attached hydrogens (primary N) is 1. The average molecular weight is 454 g/mol. The Hall–Kier alpha value is -4.45. The van der Waals surface area contributed by atoms with E-state index >= 15 is 0 Å². The Morgan fingerprint density at radius 2 is 1.88 bits per heavy atom. The lowest BCUT2D eigenvalue weighted by Gasteiger charge is -2.30. The molecule has 1 aromatic carbocycles. The predicted molar refractivity (Wildman–Crippen MR) is 128 cm³/mol. The van der Waals surface area contributed by atoms with Crippen LogP contribution in [0.15, 0.2) is 55.0 Å². The zero-order valence-electron chi connectivity index (χ0n) is 18.7. The first-order chi connectivity index (χ1) is 16.6. The van der Waals surface area contributed by atoms with Crippen molar-refractivity contribution >= 4 is 22.8 Å². The number of rotatable bonds is 4. The largest absolute Gasteiger partial charge is 0.439 e. The number of amides is 1. The van der Waals surface area contributed by atoms with Gasteiger partial charge in [0.15, 0.2) is 5.65 Å². The number of benzene rings is 1. The molecule has 0 radical (unpaired) electrons. The van der Waals surface area contributed by atoms with Crippen LogP contribution in [0.1, 0.15) is 25.8 Å². The minimum absolute atomic E-state index is 0.0813. The van der Waals surface area contributed by atoms with Gasteiger partial charge in [0.2, 0.25) is 5.88 Å². The van der Waals surface area contributed by atoms with E-state index < -0.39 is 0 Å². The summed E-state index contributed by atoms with van der Waals surface area (Å²) >= 11 is 0. The number of hydrogen-bond donors (Lipinski definition) is 1. The first-order valence-corrected chi connectivity index (χ1v) is 11.0. The van der Waals surface area contributed by atoms with E-state index in [0.717, 1.165) is 18.4 Å². The molecule has 3 aromatic heterocycles. The van der Waals surface area contributed by atoms with Crippen LogP contribution in [0.3, 0.4) is 0 Å². The van der Waals surface area contributed by atoms with Crippen molar-refractivity contribution < 1.29 is 9.53 Å². The first kappa shape index (κ1) is 21.4. The minimum atomic E-state index is -0.137. The van der Waals surface area contributed by atoms with E-state index in [2.05, 4.69) is 26.8 Å². The number of likely N-dealkylation sites (tertiary alicyclic amines) is 1. The molecule has 34 heavy (non-hydrogen) atoms. The molecule has 9 heteroatoms. The van der Waals surface area contributed by atoms with Crippen LogP contribution in [-0.4, -0.2) is 48.6 Å². The average Bonchev–Trinajstić information content (AvgIpc) is 3.26. The quantitative estimate of drug-likeness (QED) is 0.471. The SMILES string of the molecule is CC#CC(=O)N1CCC(n2nc(-c3ccc(Oc4ccccc4)nc3)c3c(N)ncnc32)CC1. The lowest BCUT2D eigenvalue weighted by Crippen LogP contribution is -2.38. The van der Waals surface area contributed by atoms with Crippen LogP contribution in [-0.2, 0) is 4.79 Å². The fourth-order valence-electron chi connectivity index (χ4n) is 4.14. The Morgan fingerprint density at radius 3 is 2.59 bits per heavy atom. The summed E-state index contributed by atoms with van der Waals surface area (Å²) in [6, 6.07) is 13.3. The van der Waals surface area contributed by atoms with Gasteiger partial charge in [-0.1, -0.05) is 24.1 Å². The first-order valence-electron chi connectivity index (χ1n) is 11.0. The highest BCUT2D eigenvalue weighted by Crippen LogP contribution is 2.34. The second-order valence-electron chi connectivity index (χ2n) is 7.95. The molecule has 0 unspecified atom stereocenters. The molecule has 0 bridgehead atoms. The third kappa shape index (κ3) is 4.13. The Balaban J connectivity index is 1.44. The van der Waals surface area contributed by atoms with Gasteiger partial charge < -0.3 is 15.4 Å². The zero-order valence-corrected chi connectivity index (χ0v) is 18.7. The van der Waals surface area contributed by atoms with Crippen LogP contribution in [0, 0.1) is 11.8 Å². The van der Waals surface area contributed by atoms with Crippen molar-refractivity contribution in [2.24, 2.45) is 0 Å². The number of piperidine rings is 1. The molecule has 0 saturated carbocycles. The van der Waals surface area contributed by atoms with Crippen LogP contribution in [0.25, 0.3) is 22.3 Å². The van der Waals surface area contributed by atoms with Gasteiger partial charge in [-0.05, 0) is 43.9 Å². The number of pyridine rings is 1. The van der Waals surface area contributed by atoms with E-state index in [-0.39, 0.29) is 11.9 Å². The molecule has 0 spiro atoms. The van der Waals surface area contributed by atoms with Crippen molar-refractivity contribution in [1.82, 2.24) is 29.6 Å². The number of carbonyl (C=O) groups excluding carboxylic acids is 1. The molecular formula is C25H23N7O2. The van der Waals surface area contributed by atoms with Crippen LogP contribution in [0.4, 0.5) is 5.82 Å². The molecule has 5 rings (SSSR count). The summed E-state index contributed by atoms with van der Waals surface area (Å²) in [5.41, 5.74) is 8.38. The molecule has 1 aliphatic heterocycles. The number of nitrogen functional groups attached to an aromatic ring is 1. The van der Waals surface area contributed by atoms with E-state index in [0.29, 0.717) is 47.3 Å². The third-order valence-corrected chi connectivity index (χ3v) is 5.82. The second kappa shape index (κ2) is 9.19. The summed E-state index contributed by atoms with van der Waals surface area (Å²) in [6.07, 6.45) is 4.66. The summed E-state index contributed by atoms with van der Waals surface area (Å²) in [5, 5.41) is 5.58. The molecule has 2 N–H and O–H groups in total. The van der Waals surface area contributed by atoms with Crippen molar-refractivity contribution in [3.63, 3.8) is 0 Å². The minimum Gasteiger partial charge on any atom is -0.439 e. The lowest BCUT2D eigenvalue weighted by atomic mass is 10.1. The number of ether oxygens (including phenoxy) is 1. The number of fused-ring (bicyclic) bond motifs is 1. The molecular weight excluding hydrogens is 430 g/mol. The fourth-order valence-corrected chi connectivity index (χ4v) is 4.14. The highest BCUT2D eigenvalue weighted by Gasteiger charge is 2.27. The van der Waals surface area contributed by atoms with Crippen LogP contribution < -0.4 is 10.5 Å². The van der Waals surface area contributed by atoms with Gasteiger partial charge in [-0.3, -0.25) is 4.79 Å². The molecule has 0 aliphatic carbocycles. The molecule has 4 aromatic rings. The fraction of sp³-hybridized carbons (Fsp3) is 0.240.